The Morgan fingerprint density at radius 2 is 2.38 bits per heavy atom. The Hall–Kier alpha value is -0.940. The van der Waals surface area contributed by atoms with Gasteiger partial charge >= 0.3 is 0 Å². The van der Waals surface area contributed by atoms with Gasteiger partial charge < -0.3 is 9.63 Å². The highest BCUT2D eigenvalue weighted by Crippen LogP contribution is 2.19. The van der Waals surface area contributed by atoms with E-state index in [2.05, 4.69) is 15.0 Å². The highest BCUT2D eigenvalue weighted by atomic mass is 16.5. The van der Waals surface area contributed by atoms with Crippen molar-refractivity contribution in [2.24, 2.45) is 0 Å². The third-order valence-electron chi connectivity index (χ3n) is 3.05. The molecule has 0 spiro atoms. The molecule has 1 atom stereocenters. The maximum atomic E-state index is 9.20. The molecule has 0 aliphatic carbocycles. The number of likely N-dealkylation sites (tertiary alicyclic amines) is 1. The monoisotopic (exact) mass is 225 g/mol. The minimum atomic E-state index is 0.213. The van der Waals surface area contributed by atoms with Crippen LogP contribution in [-0.2, 0) is 6.54 Å². The topological polar surface area (TPSA) is 62.4 Å². The number of hydrogen-bond acceptors (Lipinski definition) is 5. The Morgan fingerprint density at radius 3 is 3.00 bits per heavy atom. The molecule has 0 radical (unpaired) electrons. The second kappa shape index (κ2) is 4.93. The van der Waals surface area contributed by atoms with Crippen LogP contribution in [0.1, 0.15) is 44.3 Å². The second-order valence-electron chi connectivity index (χ2n) is 4.65. The van der Waals surface area contributed by atoms with Gasteiger partial charge in [-0.05, 0) is 19.4 Å². The molecule has 2 heterocycles. The summed E-state index contributed by atoms with van der Waals surface area (Å²) in [4.78, 5) is 6.55. The van der Waals surface area contributed by atoms with E-state index >= 15 is 0 Å². The number of aromatic nitrogens is 2. The zero-order valence-corrected chi connectivity index (χ0v) is 9.89. The van der Waals surface area contributed by atoms with E-state index < -0.39 is 0 Å². The van der Waals surface area contributed by atoms with Crippen LogP contribution >= 0.6 is 0 Å². The Labute approximate surface area is 95.4 Å². The van der Waals surface area contributed by atoms with Crippen LogP contribution in [0.4, 0.5) is 0 Å². The van der Waals surface area contributed by atoms with E-state index in [0.29, 0.717) is 18.4 Å². The second-order valence-corrected chi connectivity index (χ2v) is 4.65. The molecule has 5 heteroatoms. The van der Waals surface area contributed by atoms with Crippen LogP contribution in [0, 0.1) is 0 Å². The van der Waals surface area contributed by atoms with E-state index in [1.807, 2.05) is 13.8 Å². The number of aliphatic hydroxyl groups excluding tert-OH is 1. The molecule has 0 bridgehead atoms. The maximum Gasteiger partial charge on any atom is 0.240 e. The van der Waals surface area contributed by atoms with Gasteiger partial charge in [-0.2, -0.15) is 4.98 Å². The molecule has 1 aromatic rings. The molecular formula is C11H19N3O2. The summed E-state index contributed by atoms with van der Waals surface area (Å²) in [5.41, 5.74) is 0. The van der Waals surface area contributed by atoms with Gasteiger partial charge in [-0.3, -0.25) is 4.90 Å². The summed E-state index contributed by atoms with van der Waals surface area (Å²) in [6, 6.07) is 0.259. The quantitative estimate of drug-likeness (QED) is 0.832. The minimum absolute atomic E-state index is 0.213. The molecule has 1 aliphatic heterocycles. The first-order chi connectivity index (χ1) is 7.70. The first-order valence-corrected chi connectivity index (χ1v) is 5.88. The molecule has 16 heavy (non-hydrogen) atoms. The maximum absolute atomic E-state index is 9.20. The fourth-order valence-corrected chi connectivity index (χ4v) is 2.05. The largest absolute Gasteiger partial charge is 0.395 e. The lowest BCUT2D eigenvalue weighted by Crippen LogP contribution is -2.31. The van der Waals surface area contributed by atoms with E-state index in [1.54, 1.807) is 0 Å². The first-order valence-electron chi connectivity index (χ1n) is 5.88. The van der Waals surface area contributed by atoms with Gasteiger partial charge in [0.25, 0.3) is 0 Å². The van der Waals surface area contributed by atoms with E-state index in [1.165, 1.54) is 0 Å². The van der Waals surface area contributed by atoms with Gasteiger partial charge in [0.05, 0.1) is 13.2 Å². The van der Waals surface area contributed by atoms with Crippen molar-refractivity contribution in [2.75, 3.05) is 13.2 Å². The fourth-order valence-electron chi connectivity index (χ4n) is 2.05. The summed E-state index contributed by atoms with van der Waals surface area (Å²) in [6.45, 7) is 5.96. The highest BCUT2D eigenvalue weighted by Gasteiger charge is 2.25. The van der Waals surface area contributed by atoms with Crippen molar-refractivity contribution >= 4 is 0 Å². The molecule has 0 unspecified atom stereocenters. The van der Waals surface area contributed by atoms with Crippen molar-refractivity contribution in [2.45, 2.75) is 45.2 Å². The van der Waals surface area contributed by atoms with Crippen molar-refractivity contribution in [3.05, 3.63) is 11.7 Å². The number of nitrogens with zero attached hydrogens (tertiary/aromatic N) is 3. The Balaban J connectivity index is 1.97. The molecule has 1 saturated heterocycles. The van der Waals surface area contributed by atoms with Crippen LogP contribution in [0.25, 0.3) is 0 Å². The third-order valence-corrected chi connectivity index (χ3v) is 3.05. The Morgan fingerprint density at radius 1 is 1.56 bits per heavy atom. The molecule has 0 aromatic carbocycles. The van der Waals surface area contributed by atoms with Crippen molar-refractivity contribution in [1.29, 1.82) is 0 Å². The van der Waals surface area contributed by atoms with Crippen LogP contribution in [0.5, 0.6) is 0 Å². The van der Waals surface area contributed by atoms with Gasteiger partial charge in [-0.15, -0.1) is 0 Å². The molecule has 0 saturated carbocycles. The predicted octanol–water partition coefficient (Wildman–Crippen LogP) is 1.15. The summed E-state index contributed by atoms with van der Waals surface area (Å²) >= 11 is 0. The number of rotatable bonds is 4. The highest BCUT2D eigenvalue weighted by molar-refractivity contribution is 4.92. The SMILES string of the molecule is CC(C)c1noc(CN2CCC[C@@H]2CO)n1. The standard InChI is InChI=1S/C11H19N3O2/c1-8(2)11-12-10(16-13-11)6-14-5-3-4-9(14)7-15/h8-9,15H,3-7H2,1-2H3/t9-/m1/s1. The average Bonchev–Trinajstić information content (AvgIpc) is 2.87. The van der Waals surface area contributed by atoms with Crippen molar-refractivity contribution < 1.29 is 9.63 Å². The molecule has 2 rings (SSSR count). The molecule has 1 N–H and O–H groups in total. The molecule has 0 amide bonds. The minimum Gasteiger partial charge on any atom is -0.395 e. The lowest BCUT2D eigenvalue weighted by molar-refractivity contribution is 0.141. The van der Waals surface area contributed by atoms with Crippen LogP contribution in [0.3, 0.4) is 0 Å². The van der Waals surface area contributed by atoms with E-state index in [-0.39, 0.29) is 12.6 Å². The summed E-state index contributed by atoms with van der Waals surface area (Å²) in [6.07, 6.45) is 2.19. The summed E-state index contributed by atoms with van der Waals surface area (Å²) in [5.74, 6) is 1.71. The lowest BCUT2D eigenvalue weighted by Gasteiger charge is -2.20. The summed E-state index contributed by atoms with van der Waals surface area (Å²) < 4.78 is 5.20. The molecule has 5 nitrogen and oxygen atoms in total. The molecular weight excluding hydrogens is 206 g/mol. The zero-order valence-electron chi connectivity index (χ0n) is 9.89. The van der Waals surface area contributed by atoms with Gasteiger partial charge in [0.15, 0.2) is 5.82 Å². The van der Waals surface area contributed by atoms with Crippen LogP contribution < -0.4 is 0 Å². The predicted molar refractivity (Wildman–Crippen MR) is 58.9 cm³/mol. The smallest absolute Gasteiger partial charge is 0.240 e. The van der Waals surface area contributed by atoms with Gasteiger partial charge in [0.2, 0.25) is 5.89 Å². The van der Waals surface area contributed by atoms with Crippen molar-refractivity contribution in [1.82, 2.24) is 15.0 Å². The average molecular weight is 225 g/mol. The number of hydrogen-bond donors (Lipinski definition) is 1. The Bertz CT molecular complexity index is 338. The normalized spacial score (nSPS) is 22.1. The van der Waals surface area contributed by atoms with Crippen LogP contribution in [0.15, 0.2) is 4.52 Å². The number of aliphatic hydroxyl groups is 1. The molecule has 1 aliphatic rings. The lowest BCUT2D eigenvalue weighted by atomic mass is 10.2. The molecule has 1 aromatic heterocycles. The third kappa shape index (κ3) is 2.41. The van der Waals surface area contributed by atoms with E-state index in [0.717, 1.165) is 25.2 Å². The van der Waals surface area contributed by atoms with Gasteiger partial charge in [-0.25, -0.2) is 0 Å². The van der Waals surface area contributed by atoms with Crippen molar-refractivity contribution in [3.8, 4) is 0 Å². The van der Waals surface area contributed by atoms with Crippen LogP contribution in [-0.4, -0.2) is 39.3 Å². The zero-order chi connectivity index (χ0) is 11.5. The van der Waals surface area contributed by atoms with E-state index in [4.69, 9.17) is 4.52 Å². The Kier molecular flexibility index (Phi) is 3.56. The van der Waals surface area contributed by atoms with Gasteiger partial charge in [0.1, 0.15) is 0 Å². The summed E-state index contributed by atoms with van der Waals surface area (Å²) in [5, 5.41) is 13.1. The summed E-state index contributed by atoms with van der Waals surface area (Å²) in [7, 11) is 0. The fraction of sp³-hybridized carbons (Fsp3) is 0.818. The van der Waals surface area contributed by atoms with Gasteiger partial charge in [0, 0.05) is 12.0 Å². The first kappa shape index (κ1) is 11.5. The molecule has 90 valence electrons. The molecule has 1 fully saturated rings. The van der Waals surface area contributed by atoms with Crippen LogP contribution in [0.2, 0.25) is 0 Å². The van der Waals surface area contributed by atoms with E-state index in [9.17, 15) is 5.11 Å². The van der Waals surface area contributed by atoms with Gasteiger partial charge in [-0.1, -0.05) is 19.0 Å². The van der Waals surface area contributed by atoms with Crippen molar-refractivity contribution in [3.63, 3.8) is 0 Å².